The van der Waals surface area contributed by atoms with E-state index in [9.17, 15) is 17.6 Å². The topological polar surface area (TPSA) is 9.23 Å². The van der Waals surface area contributed by atoms with Gasteiger partial charge in [-0.15, -0.1) is 13.2 Å². The molecule has 2 aromatic rings. The molecule has 0 aromatic heterocycles. The Labute approximate surface area is 163 Å². The third-order valence-corrected chi connectivity index (χ3v) is 5.07. The second-order valence-electron chi connectivity index (χ2n) is 7.23. The Bertz CT molecular complexity index is 835. The van der Waals surface area contributed by atoms with Crippen molar-refractivity contribution in [1.29, 1.82) is 0 Å². The van der Waals surface area contributed by atoms with Crippen LogP contribution in [0.2, 0.25) is 0 Å². The van der Waals surface area contributed by atoms with Gasteiger partial charge in [0.15, 0.2) is 0 Å². The second kappa shape index (κ2) is 8.80. The van der Waals surface area contributed by atoms with Crippen LogP contribution in [-0.4, -0.2) is 6.36 Å². The van der Waals surface area contributed by atoms with Crippen LogP contribution < -0.4 is 4.74 Å². The van der Waals surface area contributed by atoms with Crippen LogP contribution in [0.3, 0.4) is 0 Å². The van der Waals surface area contributed by atoms with Gasteiger partial charge in [-0.25, -0.2) is 4.39 Å². The molecule has 0 radical (unpaired) electrons. The van der Waals surface area contributed by atoms with Crippen LogP contribution >= 0.6 is 0 Å². The van der Waals surface area contributed by atoms with Gasteiger partial charge in [0.1, 0.15) is 11.6 Å². The molecule has 3 rings (SSSR count). The predicted octanol–water partition coefficient (Wildman–Crippen LogP) is 7.39. The van der Waals surface area contributed by atoms with Gasteiger partial charge in [-0.1, -0.05) is 50.0 Å². The smallest absolute Gasteiger partial charge is 0.406 e. The van der Waals surface area contributed by atoms with Gasteiger partial charge in [-0.2, -0.15) is 0 Å². The summed E-state index contributed by atoms with van der Waals surface area (Å²) in [7, 11) is 0. The molecule has 0 heterocycles. The first-order valence-corrected chi connectivity index (χ1v) is 9.71. The van der Waals surface area contributed by atoms with E-state index in [-0.39, 0.29) is 11.6 Å². The predicted molar refractivity (Wildman–Crippen MR) is 103 cm³/mol. The Balaban J connectivity index is 1.72. The van der Waals surface area contributed by atoms with Crippen LogP contribution in [0.1, 0.15) is 50.2 Å². The van der Waals surface area contributed by atoms with Crippen molar-refractivity contribution in [2.45, 2.75) is 58.2 Å². The van der Waals surface area contributed by atoms with Crippen LogP contribution in [0.4, 0.5) is 17.6 Å². The number of fused-ring (bicyclic) bond motifs is 1. The summed E-state index contributed by atoms with van der Waals surface area (Å²) in [4.78, 5) is 0. The van der Waals surface area contributed by atoms with Crippen LogP contribution in [0, 0.1) is 5.82 Å². The SMILES string of the molecule is CCCCCCC1=CCc2cc(-c3ccc(OC(F)(F)F)cc3)c(F)cc2C1. The molecular formula is C23H24F4O. The van der Waals surface area contributed by atoms with E-state index in [2.05, 4.69) is 17.7 Å². The van der Waals surface area contributed by atoms with Gasteiger partial charge in [0.2, 0.25) is 0 Å². The number of benzene rings is 2. The van der Waals surface area contributed by atoms with E-state index >= 15 is 0 Å². The summed E-state index contributed by atoms with van der Waals surface area (Å²) in [5, 5.41) is 0. The van der Waals surface area contributed by atoms with Crippen molar-refractivity contribution in [3.8, 4) is 16.9 Å². The molecule has 0 spiro atoms. The summed E-state index contributed by atoms with van der Waals surface area (Å²) in [6.45, 7) is 2.19. The molecule has 2 aromatic carbocycles. The van der Waals surface area contributed by atoms with Gasteiger partial charge < -0.3 is 4.74 Å². The summed E-state index contributed by atoms with van der Waals surface area (Å²) in [6, 6.07) is 8.69. The first kappa shape index (κ1) is 20.4. The molecular weight excluding hydrogens is 368 g/mol. The zero-order chi connectivity index (χ0) is 20.1. The maximum Gasteiger partial charge on any atom is 0.573 e. The maximum atomic E-state index is 14.7. The van der Waals surface area contributed by atoms with E-state index in [0.29, 0.717) is 11.1 Å². The zero-order valence-corrected chi connectivity index (χ0v) is 15.9. The molecule has 1 nitrogen and oxygen atoms in total. The van der Waals surface area contributed by atoms with E-state index in [0.717, 1.165) is 30.4 Å². The van der Waals surface area contributed by atoms with E-state index in [4.69, 9.17) is 0 Å². The molecule has 0 fully saturated rings. The van der Waals surface area contributed by atoms with Crippen LogP contribution in [0.15, 0.2) is 48.0 Å². The van der Waals surface area contributed by atoms with Crippen molar-refractivity contribution in [1.82, 2.24) is 0 Å². The fourth-order valence-corrected chi connectivity index (χ4v) is 3.61. The van der Waals surface area contributed by atoms with E-state index in [1.54, 1.807) is 6.07 Å². The van der Waals surface area contributed by atoms with E-state index in [1.807, 2.05) is 6.07 Å². The number of halogens is 4. The molecule has 0 aliphatic heterocycles. The lowest BCUT2D eigenvalue weighted by molar-refractivity contribution is -0.274. The standard InChI is InChI=1S/C23H24F4O/c1-2-3-4-5-6-16-7-8-18-14-21(22(24)15-19(18)13-16)17-9-11-20(12-10-17)28-23(25,26)27/h7,9-12,14-15H,2-6,8,13H2,1H3. The summed E-state index contributed by atoms with van der Waals surface area (Å²) in [5.41, 5.74) is 4.38. The van der Waals surface area contributed by atoms with E-state index < -0.39 is 6.36 Å². The average Bonchev–Trinajstić information content (AvgIpc) is 2.64. The molecule has 1 aliphatic rings. The number of hydrogen-bond donors (Lipinski definition) is 0. The Morgan fingerprint density at radius 1 is 0.964 bits per heavy atom. The lowest BCUT2D eigenvalue weighted by atomic mass is 9.87. The minimum atomic E-state index is -4.74. The largest absolute Gasteiger partial charge is 0.573 e. The maximum absolute atomic E-state index is 14.7. The van der Waals surface area contributed by atoms with Gasteiger partial charge >= 0.3 is 6.36 Å². The highest BCUT2D eigenvalue weighted by atomic mass is 19.4. The van der Waals surface area contributed by atoms with Crippen molar-refractivity contribution >= 4 is 0 Å². The Kier molecular flexibility index (Phi) is 6.42. The van der Waals surface area contributed by atoms with Gasteiger partial charge in [-0.05, 0) is 66.6 Å². The lowest BCUT2D eigenvalue weighted by Crippen LogP contribution is -2.16. The molecule has 5 heteroatoms. The number of ether oxygens (including phenoxy) is 1. The molecule has 0 saturated heterocycles. The minimum Gasteiger partial charge on any atom is -0.406 e. The molecule has 0 atom stereocenters. The summed E-state index contributed by atoms with van der Waals surface area (Å²) in [6.07, 6.45) is 4.94. The first-order chi connectivity index (χ1) is 13.4. The molecule has 0 bridgehead atoms. The normalized spacial score (nSPS) is 13.8. The molecule has 0 amide bonds. The van der Waals surface area contributed by atoms with Crippen LogP contribution in [0.5, 0.6) is 5.75 Å². The van der Waals surface area contributed by atoms with E-state index in [1.165, 1.54) is 55.5 Å². The van der Waals surface area contributed by atoms with Crippen molar-refractivity contribution in [2.24, 2.45) is 0 Å². The van der Waals surface area contributed by atoms with Gasteiger partial charge in [0.25, 0.3) is 0 Å². The Morgan fingerprint density at radius 3 is 2.39 bits per heavy atom. The quantitative estimate of drug-likeness (QED) is 0.271. The number of alkyl halides is 3. The highest BCUT2D eigenvalue weighted by Crippen LogP contribution is 2.32. The fourth-order valence-electron chi connectivity index (χ4n) is 3.61. The average molecular weight is 392 g/mol. The summed E-state index contributed by atoms with van der Waals surface area (Å²) in [5.74, 6) is -0.666. The van der Waals surface area contributed by atoms with Crippen LogP contribution in [0.25, 0.3) is 11.1 Å². The molecule has 1 aliphatic carbocycles. The van der Waals surface area contributed by atoms with Gasteiger partial charge in [0, 0.05) is 5.56 Å². The van der Waals surface area contributed by atoms with Crippen LogP contribution in [-0.2, 0) is 12.8 Å². The molecule has 28 heavy (non-hydrogen) atoms. The monoisotopic (exact) mass is 392 g/mol. The Morgan fingerprint density at radius 2 is 1.71 bits per heavy atom. The Hall–Kier alpha value is -2.30. The van der Waals surface area contributed by atoms with Gasteiger partial charge in [-0.3, -0.25) is 0 Å². The molecule has 0 unspecified atom stereocenters. The summed E-state index contributed by atoms with van der Waals surface area (Å²) < 4.78 is 55.4. The first-order valence-electron chi connectivity index (χ1n) is 9.71. The van der Waals surface area contributed by atoms with Crippen molar-refractivity contribution in [3.63, 3.8) is 0 Å². The fraction of sp³-hybridized carbons (Fsp3) is 0.391. The van der Waals surface area contributed by atoms with Gasteiger partial charge in [0.05, 0.1) is 0 Å². The number of rotatable bonds is 7. The zero-order valence-electron chi connectivity index (χ0n) is 15.9. The number of allylic oxidation sites excluding steroid dienone is 2. The van der Waals surface area contributed by atoms with Crippen molar-refractivity contribution in [3.05, 3.63) is 65.0 Å². The minimum absolute atomic E-state index is 0.315. The third-order valence-electron chi connectivity index (χ3n) is 5.07. The highest BCUT2D eigenvalue weighted by molar-refractivity contribution is 5.67. The number of unbranched alkanes of at least 4 members (excludes halogenated alkanes) is 3. The molecule has 150 valence electrons. The highest BCUT2D eigenvalue weighted by Gasteiger charge is 2.31. The van der Waals surface area contributed by atoms with Crippen molar-refractivity contribution < 1.29 is 22.3 Å². The lowest BCUT2D eigenvalue weighted by Gasteiger charge is -2.19. The second-order valence-corrected chi connectivity index (χ2v) is 7.23. The van der Waals surface area contributed by atoms with Crippen molar-refractivity contribution in [2.75, 3.05) is 0 Å². The third kappa shape index (κ3) is 5.37. The number of hydrogen-bond acceptors (Lipinski definition) is 1. The molecule has 0 saturated carbocycles. The summed E-state index contributed by atoms with van der Waals surface area (Å²) >= 11 is 0. The molecule has 0 N–H and O–H groups in total.